The summed E-state index contributed by atoms with van der Waals surface area (Å²) in [5.74, 6) is 1.02. The van der Waals surface area contributed by atoms with Gasteiger partial charge in [0.05, 0.1) is 0 Å². The number of fused-ring (bicyclic) bond motifs is 1. The summed E-state index contributed by atoms with van der Waals surface area (Å²) in [6, 6.07) is 0. The summed E-state index contributed by atoms with van der Waals surface area (Å²) in [7, 11) is 0. The Kier molecular flexibility index (Phi) is 1.59. The average molecular weight is 203 g/mol. The van der Waals surface area contributed by atoms with Crippen LogP contribution in [-0.4, -0.2) is 4.83 Å². The summed E-state index contributed by atoms with van der Waals surface area (Å²) in [6.07, 6.45) is 7.36. The van der Waals surface area contributed by atoms with Crippen LogP contribution < -0.4 is 0 Å². The molecule has 0 heterocycles. The van der Waals surface area contributed by atoms with Crippen LogP contribution in [0.15, 0.2) is 0 Å². The highest BCUT2D eigenvalue weighted by Gasteiger charge is 2.58. The Balaban J connectivity index is 2.05. The standard InChI is InChI=1S/C9H15Br/c1-9-6-4-2-3-5-7(9)8(9)10/h7-8H,2-6H2,1H3/t7-,8-,9-/m1/s1. The van der Waals surface area contributed by atoms with Gasteiger partial charge in [-0.05, 0) is 24.2 Å². The van der Waals surface area contributed by atoms with Crippen LogP contribution in [0.2, 0.25) is 0 Å². The molecule has 10 heavy (non-hydrogen) atoms. The molecule has 2 saturated carbocycles. The van der Waals surface area contributed by atoms with E-state index in [2.05, 4.69) is 22.9 Å². The lowest BCUT2D eigenvalue weighted by Crippen LogP contribution is -1.96. The van der Waals surface area contributed by atoms with E-state index in [4.69, 9.17) is 0 Å². The minimum absolute atomic E-state index is 0.705. The highest BCUT2D eigenvalue weighted by atomic mass is 79.9. The maximum Gasteiger partial charge on any atom is 0.0236 e. The van der Waals surface area contributed by atoms with Gasteiger partial charge in [0.2, 0.25) is 0 Å². The second-order valence-corrected chi connectivity index (χ2v) is 5.10. The first-order chi connectivity index (χ1) is 4.75. The molecule has 0 bridgehead atoms. The van der Waals surface area contributed by atoms with E-state index in [-0.39, 0.29) is 0 Å². The molecule has 0 aromatic rings. The summed E-state index contributed by atoms with van der Waals surface area (Å²) in [6.45, 7) is 2.45. The highest BCUT2D eigenvalue weighted by molar-refractivity contribution is 9.09. The maximum atomic E-state index is 3.77. The van der Waals surface area contributed by atoms with Gasteiger partial charge in [-0.3, -0.25) is 0 Å². The highest BCUT2D eigenvalue weighted by Crippen LogP contribution is 2.63. The predicted molar refractivity (Wildman–Crippen MR) is 47.4 cm³/mol. The fourth-order valence-electron chi connectivity index (χ4n) is 2.45. The van der Waals surface area contributed by atoms with Crippen molar-refractivity contribution < 1.29 is 0 Å². The zero-order valence-electron chi connectivity index (χ0n) is 6.57. The molecule has 0 radical (unpaired) electrons. The molecule has 0 unspecified atom stereocenters. The molecular formula is C9H15Br. The van der Waals surface area contributed by atoms with Crippen LogP contribution in [0.4, 0.5) is 0 Å². The number of alkyl halides is 1. The van der Waals surface area contributed by atoms with Crippen molar-refractivity contribution in [2.75, 3.05) is 0 Å². The second-order valence-electron chi connectivity index (χ2n) is 4.11. The Labute approximate surface area is 71.5 Å². The molecule has 0 aromatic heterocycles. The molecule has 0 amide bonds. The SMILES string of the molecule is C[C@@]12CCCCC[C@@H]1[C@H]2Br. The molecule has 0 aliphatic heterocycles. The van der Waals surface area contributed by atoms with Gasteiger partial charge in [-0.2, -0.15) is 0 Å². The molecule has 3 atom stereocenters. The number of rotatable bonds is 0. The first kappa shape index (κ1) is 7.15. The van der Waals surface area contributed by atoms with E-state index in [1.54, 1.807) is 0 Å². The summed E-state index contributed by atoms with van der Waals surface area (Å²) < 4.78 is 0. The molecule has 2 rings (SSSR count). The van der Waals surface area contributed by atoms with Gasteiger partial charge in [0, 0.05) is 4.83 Å². The van der Waals surface area contributed by atoms with Crippen LogP contribution in [0.1, 0.15) is 39.0 Å². The summed E-state index contributed by atoms with van der Waals surface area (Å²) in [4.78, 5) is 0.861. The fraction of sp³-hybridized carbons (Fsp3) is 1.00. The van der Waals surface area contributed by atoms with E-state index in [0.717, 1.165) is 10.7 Å². The van der Waals surface area contributed by atoms with Gasteiger partial charge in [-0.1, -0.05) is 42.1 Å². The largest absolute Gasteiger partial charge is 0.0881 e. The molecule has 0 saturated heterocycles. The van der Waals surface area contributed by atoms with Crippen LogP contribution in [0.5, 0.6) is 0 Å². The maximum absolute atomic E-state index is 3.77. The van der Waals surface area contributed by atoms with E-state index in [0.29, 0.717) is 5.41 Å². The summed E-state index contributed by atoms with van der Waals surface area (Å²) in [5.41, 5.74) is 0.705. The molecule has 0 N–H and O–H groups in total. The molecule has 0 aromatic carbocycles. The second kappa shape index (κ2) is 2.23. The zero-order valence-corrected chi connectivity index (χ0v) is 8.15. The lowest BCUT2D eigenvalue weighted by molar-refractivity contribution is 0.470. The average Bonchev–Trinajstić information content (AvgIpc) is 2.48. The van der Waals surface area contributed by atoms with Crippen LogP contribution in [0.3, 0.4) is 0 Å². The van der Waals surface area contributed by atoms with Gasteiger partial charge in [0.25, 0.3) is 0 Å². The normalized spacial score (nSPS) is 53.4. The first-order valence-electron chi connectivity index (χ1n) is 4.39. The third kappa shape index (κ3) is 0.861. The van der Waals surface area contributed by atoms with Gasteiger partial charge in [0.15, 0.2) is 0 Å². The fourth-order valence-corrected chi connectivity index (χ4v) is 3.73. The Morgan fingerprint density at radius 3 is 2.90 bits per heavy atom. The molecule has 2 aliphatic carbocycles. The van der Waals surface area contributed by atoms with Crippen molar-refractivity contribution in [3.8, 4) is 0 Å². The quantitative estimate of drug-likeness (QED) is 0.529. The van der Waals surface area contributed by atoms with Gasteiger partial charge in [0.1, 0.15) is 0 Å². The molecule has 58 valence electrons. The molecule has 0 spiro atoms. The number of hydrogen-bond donors (Lipinski definition) is 0. The molecule has 2 aliphatic rings. The van der Waals surface area contributed by atoms with Crippen molar-refractivity contribution in [3.63, 3.8) is 0 Å². The Morgan fingerprint density at radius 1 is 1.30 bits per heavy atom. The van der Waals surface area contributed by atoms with E-state index in [1.165, 1.54) is 32.1 Å². The monoisotopic (exact) mass is 202 g/mol. The third-order valence-corrected chi connectivity index (χ3v) is 5.14. The van der Waals surface area contributed by atoms with Gasteiger partial charge in [-0.25, -0.2) is 0 Å². The van der Waals surface area contributed by atoms with Crippen molar-refractivity contribution in [1.29, 1.82) is 0 Å². The minimum atomic E-state index is 0.705. The smallest absolute Gasteiger partial charge is 0.0236 e. The van der Waals surface area contributed by atoms with Crippen molar-refractivity contribution >= 4 is 15.9 Å². The molecule has 1 heteroatoms. The summed E-state index contributed by atoms with van der Waals surface area (Å²) >= 11 is 3.77. The van der Waals surface area contributed by atoms with Crippen molar-refractivity contribution in [1.82, 2.24) is 0 Å². The lowest BCUT2D eigenvalue weighted by atomic mass is 10.0. The van der Waals surface area contributed by atoms with Gasteiger partial charge >= 0.3 is 0 Å². The van der Waals surface area contributed by atoms with Crippen LogP contribution in [-0.2, 0) is 0 Å². The lowest BCUT2D eigenvalue weighted by Gasteiger charge is -2.05. The van der Waals surface area contributed by atoms with Crippen molar-refractivity contribution in [2.45, 2.75) is 43.9 Å². The topological polar surface area (TPSA) is 0 Å². The van der Waals surface area contributed by atoms with Gasteiger partial charge < -0.3 is 0 Å². The summed E-state index contributed by atoms with van der Waals surface area (Å²) in [5, 5.41) is 0. The van der Waals surface area contributed by atoms with E-state index in [1.807, 2.05) is 0 Å². The Hall–Kier alpha value is 0.480. The Morgan fingerprint density at radius 2 is 2.10 bits per heavy atom. The van der Waals surface area contributed by atoms with Crippen LogP contribution >= 0.6 is 15.9 Å². The van der Waals surface area contributed by atoms with E-state index in [9.17, 15) is 0 Å². The van der Waals surface area contributed by atoms with E-state index >= 15 is 0 Å². The minimum Gasteiger partial charge on any atom is -0.0881 e. The first-order valence-corrected chi connectivity index (χ1v) is 5.31. The van der Waals surface area contributed by atoms with Gasteiger partial charge in [-0.15, -0.1) is 0 Å². The van der Waals surface area contributed by atoms with Crippen molar-refractivity contribution in [3.05, 3.63) is 0 Å². The molecule has 2 fully saturated rings. The van der Waals surface area contributed by atoms with Crippen molar-refractivity contribution in [2.24, 2.45) is 11.3 Å². The molecule has 0 nitrogen and oxygen atoms in total. The zero-order chi connectivity index (χ0) is 7.19. The van der Waals surface area contributed by atoms with Crippen LogP contribution in [0, 0.1) is 11.3 Å². The number of halogens is 1. The Bertz CT molecular complexity index is 144. The third-order valence-electron chi connectivity index (χ3n) is 3.45. The number of hydrogen-bond acceptors (Lipinski definition) is 0. The predicted octanol–water partition coefficient (Wildman–Crippen LogP) is 3.35. The van der Waals surface area contributed by atoms with E-state index < -0.39 is 0 Å². The van der Waals surface area contributed by atoms with Crippen LogP contribution in [0.25, 0.3) is 0 Å². The molecular weight excluding hydrogens is 188 g/mol.